The van der Waals surface area contributed by atoms with Crippen LogP contribution in [-0.4, -0.2) is 16.1 Å². The number of thiol groups is 1. The zero-order valence-corrected chi connectivity index (χ0v) is 6.27. The molecule has 1 rings (SSSR count). The number of rotatable bonds is 0. The number of aliphatic hydroxyl groups is 1. The van der Waals surface area contributed by atoms with Gasteiger partial charge in [-0.15, -0.1) is 12.6 Å². The first-order valence-corrected chi connectivity index (χ1v) is 3.78. The standard InChI is InChI=1S/C6H13NOS/c7-5-3-1-2-4-6(5,8)9/h5,8-9H,1-4,7H2. The Kier molecular flexibility index (Phi) is 2.03. The van der Waals surface area contributed by atoms with Crippen LogP contribution in [0.4, 0.5) is 0 Å². The molecule has 0 amide bonds. The van der Waals surface area contributed by atoms with E-state index in [1.165, 1.54) is 0 Å². The molecule has 54 valence electrons. The molecular weight excluding hydrogens is 134 g/mol. The highest BCUT2D eigenvalue weighted by molar-refractivity contribution is 7.81. The molecule has 0 aromatic heterocycles. The van der Waals surface area contributed by atoms with Crippen LogP contribution < -0.4 is 5.73 Å². The first-order valence-electron chi connectivity index (χ1n) is 3.33. The van der Waals surface area contributed by atoms with Gasteiger partial charge in [0.2, 0.25) is 0 Å². The molecule has 9 heavy (non-hydrogen) atoms. The summed E-state index contributed by atoms with van der Waals surface area (Å²) in [6, 6.07) is -0.130. The van der Waals surface area contributed by atoms with E-state index in [4.69, 9.17) is 5.73 Å². The van der Waals surface area contributed by atoms with Crippen LogP contribution in [-0.2, 0) is 0 Å². The van der Waals surface area contributed by atoms with Gasteiger partial charge in [0.05, 0.1) is 0 Å². The van der Waals surface area contributed by atoms with Crippen LogP contribution in [0.5, 0.6) is 0 Å². The van der Waals surface area contributed by atoms with E-state index < -0.39 is 4.93 Å². The van der Waals surface area contributed by atoms with E-state index in [1.54, 1.807) is 0 Å². The van der Waals surface area contributed by atoms with Gasteiger partial charge < -0.3 is 10.8 Å². The average Bonchev–Trinajstić information content (AvgIpc) is 1.77. The molecule has 0 spiro atoms. The molecule has 0 aromatic carbocycles. The molecule has 1 saturated carbocycles. The normalized spacial score (nSPS) is 45.0. The second kappa shape index (κ2) is 2.48. The van der Waals surface area contributed by atoms with Crippen molar-refractivity contribution in [3.63, 3.8) is 0 Å². The smallest absolute Gasteiger partial charge is 0.122 e. The summed E-state index contributed by atoms with van der Waals surface area (Å²) < 4.78 is 0. The average molecular weight is 147 g/mol. The number of hydrogen-bond acceptors (Lipinski definition) is 3. The molecule has 1 aliphatic carbocycles. The maximum atomic E-state index is 9.38. The van der Waals surface area contributed by atoms with Crippen molar-refractivity contribution in [2.45, 2.75) is 36.7 Å². The monoisotopic (exact) mass is 147 g/mol. The third-order valence-electron chi connectivity index (χ3n) is 1.90. The summed E-state index contributed by atoms with van der Waals surface area (Å²) in [5.41, 5.74) is 5.59. The van der Waals surface area contributed by atoms with E-state index in [9.17, 15) is 5.11 Å². The summed E-state index contributed by atoms with van der Waals surface area (Å²) in [6.45, 7) is 0. The first kappa shape index (κ1) is 7.38. The van der Waals surface area contributed by atoms with Crippen molar-refractivity contribution >= 4 is 12.6 Å². The fourth-order valence-corrected chi connectivity index (χ4v) is 1.45. The molecule has 2 nitrogen and oxygen atoms in total. The molecule has 0 bridgehead atoms. The van der Waals surface area contributed by atoms with Crippen LogP contribution in [0, 0.1) is 0 Å². The van der Waals surface area contributed by atoms with Crippen LogP contribution in [0.3, 0.4) is 0 Å². The lowest BCUT2D eigenvalue weighted by molar-refractivity contribution is 0.0758. The van der Waals surface area contributed by atoms with E-state index in [0.717, 1.165) is 25.7 Å². The second-order valence-electron chi connectivity index (χ2n) is 2.73. The third kappa shape index (κ3) is 1.60. The maximum absolute atomic E-state index is 9.38. The Hall–Kier alpha value is 0.270. The lowest BCUT2D eigenvalue weighted by Gasteiger charge is -2.33. The Morgan fingerprint density at radius 1 is 1.56 bits per heavy atom. The second-order valence-corrected chi connectivity index (χ2v) is 3.51. The van der Waals surface area contributed by atoms with Crippen molar-refractivity contribution in [1.29, 1.82) is 0 Å². The van der Waals surface area contributed by atoms with E-state index in [2.05, 4.69) is 12.6 Å². The summed E-state index contributed by atoms with van der Waals surface area (Å²) in [5, 5.41) is 9.38. The van der Waals surface area contributed by atoms with Crippen LogP contribution in [0.15, 0.2) is 0 Å². The Labute approximate surface area is 60.8 Å². The molecule has 2 unspecified atom stereocenters. The molecule has 1 fully saturated rings. The lowest BCUT2D eigenvalue weighted by atomic mass is 9.93. The van der Waals surface area contributed by atoms with Gasteiger partial charge in [-0.3, -0.25) is 0 Å². The predicted molar refractivity (Wildman–Crippen MR) is 40.4 cm³/mol. The van der Waals surface area contributed by atoms with Crippen molar-refractivity contribution in [2.75, 3.05) is 0 Å². The number of hydrogen-bond donors (Lipinski definition) is 3. The topological polar surface area (TPSA) is 46.2 Å². The Balaban J connectivity index is 2.49. The minimum absolute atomic E-state index is 0.130. The van der Waals surface area contributed by atoms with Gasteiger partial charge in [-0.05, 0) is 19.3 Å². The van der Waals surface area contributed by atoms with Crippen molar-refractivity contribution in [3.8, 4) is 0 Å². The van der Waals surface area contributed by atoms with Crippen LogP contribution >= 0.6 is 12.6 Å². The predicted octanol–water partition coefficient (Wildman–Crippen LogP) is 0.506. The summed E-state index contributed by atoms with van der Waals surface area (Å²) in [5.74, 6) is 0. The van der Waals surface area contributed by atoms with Gasteiger partial charge in [0.1, 0.15) is 4.93 Å². The molecule has 0 saturated heterocycles. The Bertz CT molecular complexity index is 105. The first-order chi connectivity index (χ1) is 4.13. The minimum Gasteiger partial charge on any atom is -0.378 e. The van der Waals surface area contributed by atoms with Gasteiger partial charge in [-0.2, -0.15) is 0 Å². The van der Waals surface area contributed by atoms with Gasteiger partial charge in [-0.1, -0.05) is 6.42 Å². The van der Waals surface area contributed by atoms with Crippen LogP contribution in [0.2, 0.25) is 0 Å². The van der Waals surface area contributed by atoms with E-state index in [1.807, 2.05) is 0 Å². The zero-order chi connectivity index (χ0) is 6.91. The largest absolute Gasteiger partial charge is 0.378 e. The van der Waals surface area contributed by atoms with Gasteiger partial charge in [0.15, 0.2) is 0 Å². The minimum atomic E-state index is -0.891. The van der Waals surface area contributed by atoms with Gasteiger partial charge >= 0.3 is 0 Å². The summed E-state index contributed by atoms with van der Waals surface area (Å²) >= 11 is 4.04. The summed E-state index contributed by atoms with van der Waals surface area (Å²) in [6.07, 6.45) is 3.81. The highest BCUT2D eigenvalue weighted by atomic mass is 32.1. The lowest BCUT2D eigenvalue weighted by Crippen LogP contribution is -2.45. The third-order valence-corrected chi connectivity index (χ3v) is 2.46. The number of nitrogens with two attached hydrogens (primary N) is 1. The van der Waals surface area contributed by atoms with Gasteiger partial charge in [-0.25, -0.2) is 0 Å². The molecule has 0 aliphatic heterocycles. The van der Waals surface area contributed by atoms with Gasteiger partial charge in [0.25, 0.3) is 0 Å². The van der Waals surface area contributed by atoms with E-state index in [0.29, 0.717) is 0 Å². The van der Waals surface area contributed by atoms with Crippen molar-refractivity contribution in [2.24, 2.45) is 5.73 Å². The molecule has 0 aromatic rings. The summed E-state index contributed by atoms with van der Waals surface area (Å²) in [4.78, 5) is -0.891. The highest BCUT2D eigenvalue weighted by Crippen LogP contribution is 2.29. The van der Waals surface area contributed by atoms with Gasteiger partial charge in [0, 0.05) is 6.04 Å². The summed E-state index contributed by atoms with van der Waals surface area (Å²) in [7, 11) is 0. The molecule has 3 N–H and O–H groups in total. The molecular formula is C6H13NOS. The SMILES string of the molecule is NC1CCCCC1(O)S. The molecule has 3 heteroatoms. The molecule has 0 heterocycles. The van der Waals surface area contributed by atoms with Crippen molar-refractivity contribution in [1.82, 2.24) is 0 Å². The van der Waals surface area contributed by atoms with E-state index in [-0.39, 0.29) is 6.04 Å². The Morgan fingerprint density at radius 2 is 2.22 bits per heavy atom. The zero-order valence-electron chi connectivity index (χ0n) is 5.38. The molecule has 0 radical (unpaired) electrons. The Morgan fingerprint density at radius 3 is 2.56 bits per heavy atom. The fourth-order valence-electron chi connectivity index (χ4n) is 1.17. The quantitative estimate of drug-likeness (QED) is 0.345. The van der Waals surface area contributed by atoms with Crippen LogP contribution in [0.1, 0.15) is 25.7 Å². The fraction of sp³-hybridized carbons (Fsp3) is 1.00. The van der Waals surface area contributed by atoms with Crippen molar-refractivity contribution < 1.29 is 5.11 Å². The highest BCUT2D eigenvalue weighted by Gasteiger charge is 2.32. The van der Waals surface area contributed by atoms with E-state index >= 15 is 0 Å². The molecule has 1 aliphatic rings. The van der Waals surface area contributed by atoms with Crippen molar-refractivity contribution in [3.05, 3.63) is 0 Å². The van der Waals surface area contributed by atoms with Crippen LogP contribution in [0.25, 0.3) is 0 Å². The molecule has 2 atom stereocenters. The maximum Gasteiger partial charge on any atom is 0.122 e.